The zero-order valence-corrected chi connectivity index (χ0v) is 27.4. The van der Waals surface area contributed by atoms with Crippen LogP contribution in [0.2, 0.25) is 25.7 Å². The summed E-state index contributed by atoms with van der Waals surface area (Å²) in [5.41, 5.74) is 0.677. The van der Waals surface area contributed by atoms with Gasteiger partial charge in [-0.2, -0.15) is 0 Å². The van der Waals surface area contributed by atoms with Gasteiger partial charge in [0.15, 0.2) is 5.76 Å². The fourth-order valence-corrected chi connectivity index (χ4v) is 7.75. The lowest BCUT2D eigenvalue weighted by Gasteiger charge is -2.31. The van der Waals surface area contributed by atoms with E-state index < -0.39 is 41.2 Å². The van der Waals surface area contributed by atoms with E-state index in [4.69, 9.17) is 18.6 Å². The van der Waals surface area contributed by atoms with Gasteiger partial charge in [0.2, 0.25) is 21.8 Å². The molecule has 5 rings (SSSR count). The number of benzene rings is 2. The lowest BCUT2D eigenvalue weighted by molar-refractivity contribution is 0.0385. The molecule has 0 saturated heterocycles. The molecule has 234 valence electrons. The first kappa shape index (κ1) is 31.3. The SMILES string of the molecule is COc1cccc(OC)c1-n1c(-c2ccc(C)o2)nnc1N(CC[Si](C)(C)C)S(=O)(=O)[C@H](C)[C@@H]1OC(=O)c2cc(F)ccc21. The number of aromatic nitrogens is 3. The molecule has 44 heavy (non-hydrogen) atoms. The minimum Gasteiger partial charge on any atom is -0.494 e. The highest BCUT2D eigenvalue weighted by molar-refractivity contribution is 7.93. The van der Waals surface area contributed by atoms with Gasteiger partial charge in [0, 0.05) is 20.2 Å². The summed E-state index contributed by atoms with van der Waals surface area (Å²) in [6.07, 6.45) is -1.16. The van der Waals surface area contributed by atoms with Crippen LogP contribution in [0.25, 0.3) is 17.3 Å². The maximum atomic E-state index is 14.7. The number of furan rings is 1. The van der Waals surface area contributed by atoms with Crippen molar-refractivity contribution in [1.82, 2.24) is 14.8 Å². The van der Waals surface area contributed by atoms with Gasteiger partial charge in [0.1, 0.15) is 40.1 Å². The van der Waals surface area contributed by atoms with Gasteiger partial charge in [-0.05, 0) is 56.3 Å². The van der Waals surface area contributed by atoms with Crippen LogP contribution in [0.1, 0.15) is 34.7 Å². The van der Waals surface area contributed by atoms with E-state index in [-0.39, 0.29) is 23.9 Å². The lowest BCUT2D eigenvalue weighted by Crippen LogP contribution is -2.44. The number of ether oxygens (including phenoxy) is 3. The number of carbonyl (C=O) groups excluding carboxylic acids is 1. The fourth-order valence-electron chi connectivity index (χ4n) is 5.09. The Morgan fingerprint density at radius 2 is 1.75 bits per heavy atom. The molecule has 11 nitrogen and oxygen atoms in total. The summed E-state index contributed by atoms with van der Waals surface area (Å²) in [5, 5.41) is 7.56. The second-order valence-electron chi connectivity index (χ2n) is 11.8. The standard InChI is InChI=1S/C30H35FN4O7SSi/c1-18-11-14-25(41-18)28-32-33-30(35(28)26-23(39-3)9-8-10-24(26)40-4)34(15-16-44(5,6)7)43(37,38)19(2)27-21-13-12-20(31)17-22(21)29(36)42-27/h8-14,17,19,27H,15-16H2,1-7H3/t19-,27+/m1/s1. The summed E-state index contributed by atoms with van der Waals surface area (Å²) in [6.45, 7) is 9.73. The minimum atomic E-state index is -4.32. The molecule has 2 aromatic heterocycles. The monoisotopic (exact) mass is 642 g/mol. The number of para-hydroxylation sites is 1. The van der Waals surface area contributed by atoms with Crippen molar-refractivity contribution in [2.24, 2.45) is 0 Å². The molecule has 0 N–H and O–H groups in total. The number of hydrogen-bond acceptors (Lipinski definition) is 9. The van der Waals surface area contributed by atoms with E-state index in [0.29, 0.717) is 40.3 Å². The molecule has 0 saturated carbocycles. The number of esters is 1. The number of nitrogens with zero attached hydrogens (tertiary/aromatic N) is 4. The molecule has 0 amide bonds. The van der Waals surface area contributed by atoms with Crippen molar-refractivity contribution in [3.05, 3.63) is 71.2 Å². The number of rotatable bonds is 11. The summed E-state index contributed by atoms with van der Waals surface area (Å²) >= 11 is 0. The van der Waals surface area contributed by atoms with Crippen LogP contribution in [0.4, 0.5) is 10.3 Å². The molecule has 2 atom stereocenters. The Morgan fingerprint density at radius 3 is 2.34 bits per heavy atom. The Hall–Kier alpha value is -4.17. The van der Waals surface area contributed by atoms with Crippen molar-refractivity contribution in [2.75, 3.05) is 25.1 Å². The van der Waals surface area contributed by atoms with E-state index in [1.807, 2.05) is 0 Å². The third-order valence-corrected chi connectivity index (χ3v) is 11.4. The third kappa shape index (κ3) is 5.71. The molecule has 3 heterocycles. The number of methoxy groups -OCH3 is 2. The van der Waals surface area contributed by atoms with Gasteiger partial charge in [0.05, 0.1) is 19.8 Å². The number of cyclic esters (lactones) is 1. The van der Waals surface area contributed by atoms with Gasteiger partial charge in [-0.3, -0.25) is 4.57 Å². The van der Waals surface area contributed by atoms with Gasteiger partial charge in [0.25, 0.3) is 0 Å². The first-order valence-electron chi connectivity index (χ1n) is 14.0. The summed E-state index contributed by atoms with van der Waals surface area (Å²) in [6, 6.07) is 12.9. The second kappa shape index (κ2) is 11.7. The number of hydrogen-bond donors (Lipinski definition) is 0. The minimum absolute atomic E-state index is 0.00287. The second-order valence-corrected chi connectivity index (χ2v) is 19.6. The van der Waals surface area contributed by atoms with Crippen molar-refractivity contribution in [3.8, 4) is 28.8 Å². The number of sulfonamides is 1. The maximum absolute atomic E-state index is 14.7. The number of aryl methyl sites for hydroxylation is 1. The number of fused-ring (bicyclic) bond motifs is 1. The van der Waals surface area contributed by atoms with Crippen molar-refractivity contribution in [3.63, 3.8) is 0 Å². The van der Waals surface area contributed by atoms with Crippen molar-refractivity contribution in [1.29, 1.82) is 0 Å². The smallest absolute Gasteiger partial charge is 0.339 e. The third-order valence-electron chi connectivity index (χ3n) is 7.50. The van der Waals surface area contributed by atoms with Crippen LogP contribution < -0.4 is 13.8 Å². The summed E-state index contributed by atoms with van der Waals surface area (Å²) in [7, 11) is -3.15. The lowest BCUT2D eigenvalue weighted by atomic mass is 10.0. The predicted octanol–water partition coefficient (Wildman–Crippen LogP) is 5.77. The Labute approximate surface area is 256 Å². The van der Waals surface area contributed by atoms with Crippen molar-refractivity contribution in [2.45, 2.75) is 50.9 Å². The number of anilines is 1. The van der Waals surface area contributed by atoms with Crippen molar-refractivity contribution < 1.29 is 36.2 Å². The zero-order chi connectivity index (χ0) is 32.0. The van der Waals surface area contributed by atoms with E-state index in [1.165, 1.54) is 37.6 Å². The summed E-state index contributed by atoms with van der Waals surface area (Å²) < 4.78 is 68.9. The van der Waals surface area contributed by atoms with E-state index in [1.54, 1.807) is 41.8 Å². The zero-order valence-electron chi connectivity index (χ0n) is 25.6. The molecule has 4 aromatic rings. The average Bonchev–Trinajstić information content (AvgIpc) is 3.68. The molecule has 0 aliphatic carbocycles. The quantitative estimate of drug-likeness (QED) is 0.148. The highest BCUT2D eigenvalue weighted by Gasteiger charge is 2.45. The Bertz CT molecular complexity index is 1790. The average molecular weight is 643 g/mol. The molecule has 1 aliphatic rings. The first-order chi connectivity index (χ1) is 20.8. The fraction of sp³-hybridized carbons (Fsp3) is 0.367. The van der Waals surface area contributed by atoms with Gasteiger partial charge in [-0.1, -0.05) is 31.8 Å². The highest BCUT2D eigenvalue weighted by atomic mass is 32.2. The van der Waals surface area contributed by atoms with Gasteiger partial charge < -0.3 is 18.6 Å². The molecular formula is C30H35FN4O7SSi. The van der Waals surface area contributed by atoms with E-state index >= 15 is 0 Å². The van der Waals surface area contributed by atoms with Crippen LogP contribution in [-0.4, -0.2) is 63.2 Å². The van der Waals surface area contributed by atoms with Gasteiger partial charge >= 0.3 is 5.97 Å². The molecule has 0 unspecified atom stereocenters. The largest absolute Gasteiger partial charge is 0.494 e. The first-order valence-corrected chi connectivity index (χ1v) is 19.2. The predicted molar refractivity (Wildman–Crippen MR) is 165 cm³/mol. The molecule has 0 bridgehead atoms. The molecule has 1 aliphatic heterocycles. The van der Waals surface area contributed by atoms with E-state index in [9.17, 15) is 17.6 Å². The van der Waals surface area contributed by atoms with E-state index in [2.05, 4.69) is 29.8 Å². The van der Waals surface area contributed by atoms with Gasteiger partial charge in [-0.25, -0.2) is 21.9 Å². The van der Waals surface area contributed by atoms with Gasteiger partial charge in [-0.15, -0.1) is 10.2 Å². The Morgan fingerprint density at radius 1 is 1.07 bits per heavy atom. The maximum Gasteiger partial charge on any atom is 0.339 e. The van der Waals surface area contributed by atoms with Crippen LogP contribution >= 0.6 is 0 Å². The van der Waals surface area contributed by atoms with Crippen LogP contribution in [0.3, 0.4) is 0 Å². The van der Waals surface area contributed by atoms with Crippen LogP contribution in [0.15, 0.2) is 52.9 Å². The normalized spacial score (nSPS) is 15.5. The molecule has 0 fully saturated rings. The van der Waals surface area contributed by atoms with E-state index in [0.717, 1.165) is 6.07 Å². The van der Waals surface area contributed by atoms with Crippen LogP contribution in [0.5, 0.6) is 11.5 Å². The summed E-state index contributed by atoms with van der Waals surface area (Å²) in [4.78, 5) is 12.6. The molecule has 0 spiro atoms. The van der Waals surface area contributed by atoms with Crippen molar-refractivity contribution >= 4 is 30.0 Å². The Balaban J connectivity index is 1.73. The number of carbonyl (C=O) groups is 1. The molecule has 0 radical (unpaired) electrons. The Kier molecular flexibility index (Phi) is 8.33. The molecule has 2 aromatic carbocycles. The van der Waals surface area contributed by atoms with Crippen LogP contribution in [-0.2, 0) is 14.8 Å². The molecule has 14 heteroatoms. The van der Waals surface area contributed by atoms with Crippen LogP contribution in [0, 0.1) is 12.7 Å². The number of halogens is 1. The molecular weight excluding hydrogens is 608 g/mol. The topological polar surface area (TPSA) is 126 Å². The highest BCUT2D eigenvalue weighted by Crippen LogP contribution is 2.42. The summed E-state index contributed by atoms with van der Waals surface area (Å²) in [5.74, 6) is 0.544.